The highest BCUT2D eigenvalue weighted by molar-refractivity contribution is 7.92. The molecular formula is C20H25N3O4S. The summed E-state index contributed by atoms with van der Waals surface area (Å²) in [5.74, 6) is -0.914. The topological polar surface area (TPSA) is 113 Å². The summed E-state index contributed by atoms with van der Waals surface area (Å²) in [6.07, 6.45) is 4.69. The van der Waals surface area contributed by atoms with Crippen molar-refractivity contribution in [3.8, 4) is 0 Å². The molecule has 1 amide bonds. The molecule has 1 aliphatic heterocycles. The Kier molecular flexibility index (Phi) is 4.71. The van der Waals surface area contributed by atoms with Crippen LogP contribution >= 0.6 is 0 Å². The number of nitrogens with one attached hydrogen (secondary N) is 1. The average Bonchev–Trinajstić information content (AvgIpc) is 3.40. The quantitative estimate of drug-likeness (QED) is 0.683. The van der Waals surface area contributed by atoms with Gasteiger partial charge in [-0.25, -0.2) is 8.42 Å². The number of sulfonamides is 1. The molecule has 8 heteroatoms. The van der Waals surface area contributed by atoms with Crippen LogP contribution in [0, 0.1) is 5.41 Å². The second kappa shape index (κ2) is 6.93. The third-order valence-electron chi connectivity index (χ3n) is 6.02. The van der Waals surface area contributed by atoms with Crippen LogP contribution in [0.1, 0.15) is 36.0 Å². The number of carbonyl (C=O) groups is 1. The summed E-state index contributed by atoms with van der Waals surface area (Å²) in [6.45, 7) is 1.18. The Balaban J connectivity index is 1.83. The molecule has 4 rings (SSSR count). The van der Waals surface area contributed by atoms with Gasteiger partial charge in [-0.3, -0.25) is 9.52 Å². The number of nitrogens with two attached hydrogens (primary N) is 1. The first kappa shape index (κ1) is 19.0. The number of hydrogen-bond donors (Lipinski definition) is 3. The van der Waals surface area contributed by atoms with E-state index in [4.69, 9.17) is 10.8 Å². The fourth-order valence-corrected chi connectivity index (χ4v) is 5.04. The van der Waals surface area contributed by atoms with E-state index in [0.717, 1.165) is 25.9 Å². The molecule has 7 nitrogen and oxygen atoms in total. The molecule has 0 radical (unpaired) electrons. The fourth-order valence-electron chi connectivity index (χ4n) is 4.19. The Labute approximate surface area is 164 Å². The zero-order chi connectivity index (χ0) is 19.9. The highest BCUT2D eigenvalue weighted by atomic mass is 32.2. The zero-order valence-corrected chi connectivity index (χ0v) is 16.5. The lowest BCUT2D eigenvalue weighted by Gasteiger charge is -2.35. The first-order chi connectivity index (χ1) is 13.3. The summed E-state index contributed by atoms with van der Waals surface area (Å²) in [6, 6.07) is 8.85. The van der Waals surface area contributed by atoms with Crippen LogP contribution in [0.2, 0.25) is 0 Å². The molecule has 28 heavy (non-hydrogen) atoms. The van der Waals surface area contributed by atoms with Crippen LogP contribution in [-0.2, 0) is 10.0 Å². The molecule has 1 aliphatic carbocycles. The van der Waals surface area contributed by atoms with Crippen molar-refractivity contribution in [3.05, 3.63) is 35.9 Å². The van der Waals surface area contributed by atoms with E-state index < -0.39 is 22.5 Å². The predicted octanol–water partition coefficient (Wildman–Crippen LogP) is 2.05. The highest BCUT2D eigenvalue weighted by Gasteiger charge is 2.44. The van der Waals surface area contributed by atoms with Gasteiger partial charge in [0.2, 0.25) is 10.0 Å². The lowest BCUT2D eigenvalue weighted by molar-refractivity contribution is 0.100. The van der Waals surface area contributed by atoms with Crippen molar-refractivity contribution in [2.45, 2.75) is 25.7 Å². The summed E-state index contributed by atoms with van der Waals surface area (Å²) in [7, 11) is -3.70. The van der Waals surface area contributed by atoms with Gasteiger partial charge in [0.15, 0.2) is 0 Å². The number of rotatable bonds is 6. The lowest BCUT2D eigenvalue weighted by Crippen LogP contribution is -2.36. The number of amides is 1. The summed E-state index contributed by atoms with van der Waals surface area (Å²) in [4.78, 5) is 14.5. The average molecular weight is 404 g/mol. The molecule has 1 saturated carbocycles. The van der Waals surface area contributed by atoms with E-state index in [9.17, 15) is 13.2 Å². The van der Waals surface area contributed by atoms with Gasteiger partial charge in [-0.05, 0) is 42.6 Å². The molecular weight excluding hydrogens is 378 g/mol. The number of aliphatic hydroxyl groups excluding tert-OH is 1. The number of nitrogens with zero attached hydrogens (tertiary/aromatic N) is 1. The number of anilines is 2. The molecule has 0 unspecified atom stereocenters. The van der Waals surface area contributed by atoms with E-state index in [1.165, 1.54) is 12.8 Å². The van der Waals surface area contributed by atoms with Crippen LogP contribution in [0.25, 0.3) is 10.8 Å². The lowest BCUT2D eigenvalue weighted by atomic mass is 9.92. The molecule has 2 aromatic carbocycles. The number of primary amides is 1. The molecule has 2 aliphatic rings. The molecule has 0 bridgehead atoms. The molecule has 150 valence electrons. The van der Waals surface area contributed by atoms with Crippen LogP contribution < -0.4 is 15.4 Å². The standard InChI is InChI=1S/C20H25N3O4S/c21-19(25)18-15-4-2-1-3-14(15)16(22-28(26,27)12-11-24)13-17(18)23-9-7-20(5-6-20)8-10-23/h1-4,13,22,24H,5-12H2,(H2,21,25). The highest BCUT2D eigenvalue weighted by Crippen LogP contribution is 2.54. The van der Waals surface area contributed by atoms with E-state index in [-0.39, 0.29) is 5.75 Å². The van der Waals surface area contributed by atoms with E-state index in [1.54, 1.807) is 30.3 Å². The second-order valence-corrected chi connectivity index (χ2v) is 9.70. The monoisotopic (exact) mass is 403 g/mol. The first-order valence-corrected chi connectivity index (χ1v) is 11.2. The molecule has 4 N–H and O–H groups in total. The molecule has 1 heterocycles. The van der Waals surface area contributed by atoms with Gasteiger partial charge in [0.05, 0.1) is 29.3 Å². The van der Waals surface area contributed by atoms with Gasteiger partial charge in [0.1, 0.15) is 0 Å². The number of fused-ring (bicyclic) bond motifs is 1. The largest absolute Gasteiger partial charge is 0.395 e. The minimum Gasteiger partial charge on any atom is -0.395 e. The van der Waals surface area contributed by atoms with Crippen molar-refractivity contribution >= 4 is 38.1 Å². The van der Waals surface area contributed by atoms with Gasteiger partial charge in [-0.2, -0.15) is 0 Å². The summed E-state index contributed by atoms with van der Waals surface area (Å²) >= 11 is 0. The maximum Gasteiger partial charge on any atom is 0.251 e. The molecule has 0 atom stereocenters. The summed E-state index contributed by atoms with van der Waals surface area (Å²) in [5.41, 5.74) is 7.71. The molecule has 1 saturated heterocycles. The van der Waals surface area contributed by atoms with Crippen molar-refractivity contribution in [1.29, 1.82) is 0 Å². The maximum atomic E-state index is 12.3. The van der Waals surface area contributed by atoms with Crippen molar-refractivity contribution < 1.29 is 18.3 Å². The fraction of sp³-hybridized carbons (Fsp3) is 0.450. The second-order valence-electron chi connectivity index (χ2n) is 7.86. The van der Waals surface area contributed by atoms with Gasteiger partial charge >= 0.3 is 0 Å². The Hall–Kier alpha value is -2.32. The van der Waals surface area contributed by atoms with E-state index >= 15 is 0 Å². The number of benzene rings is 2. The summed E-state index contributed by atoms with van der Waals surface area (Å²) in [5, 5.41) is 10.3. The SMILES string of the molecule is NC(=O)c1c(N2CCC3(CC2)CC3)cc(NS(=O)(=O)CCO)c2ccccc12. The normalized spacial score (nSPS) is 18.4. The van der Waals surface area contributed by atoms with Gasteiger partial charge in [-0.15, -0.1) is 0 Å². The smallest absolute Gasteiger partial charge is 0.251 e. The zero-order valence-electron chi connectivity index (χ0n) is 15.6. The minimum absolute atomic E-state index is 0.388. The number of hydrogen-bond acceptors (Lipinski definition) is 5. The first-order valence-electron chi connectivity index (χ1n) is 9.56. The van der Waals surface area contributed by atoms with Crippen LogP contribution in [0.4, 0.5) is 11.4 Å². The van der Waals surface area contributed by atoms with Crippen molar-refractivity contribution in [2.24, 2.45) is 11.1 Å². The Morgan fingerprint density at radius 3 is 2.36 bits per heavy atom. The van der Waals surface area contributed by atoms with E-state index in [1.807, 2.05) is 0 Å². The predicted molar refractivity (Wildman–Crippen MR) is 110 cm³/mol. The molecule has 0 aromatic heterocycles. The Bertz CT molecular complexity index is 1020. The maximum absolute atomic E-state index is 12.3. The molecule has 1 spiro atoms. The number of carbonyl (C=O) groups excluding carboxylic acids is 1. The van der Waals surface area contributed by atoms with Crippen molar-refractivity contribution in [3.63, 3.8) is 0 Å². The Morgan fingerprint density at radius 1 is 1.14 bits per heavy atom. The molecule has 2 fully saturated rings. The van der Waals surface area contributed by atoms with Crippen LogP contribution in [-0.4, -0.2) is 44.9 Å². The van der Waals surface area contributed by atoms with Crippen LogP contribution in [0.5, 0.6) is 0 Å². The van der Waals surface area contributed by atoms with Crippen LogP contribution in [0.3, 0.4) is 0 Å². The Morgan fingerprint density at radius 2 is 1.79 bits per heavy atom. The van der Waals surface area contributed by atoms with Gasteiger partial charge in [0.25, 0.3) is 5.91 Å². The van der Waals surface area contributed by atoms with E-state index in [2.05, 4.69) is 9.62 Å². The van der Waals surface area contributed by atoms with Crippen LogP contribution in [0.15, 0.2) is 30.3 Å². The number of piperidine rings is 1. The van der Waals surface area contributed by atoms with Gasteiger partial charge in [0, 0.05) is 18.5 Å². The molecule has 2 aromatic rings. The number of aliphatic hydroxyl groups is 1. The van der Waals surface area contributed by atoms with Gasteiger partial charge in [-0.1, -0.05) is 24.3 Å². The van der Waals surface area contributed by atoms with Gasteiger partial charge < -0.3 is 15.7 Å². The van der Waals surface area contributed by atoms with E-state index in [0.29, 0.717) is 33.1 Å². The third kappa shape index (κ3) is 3.54. The minimum atomic E-state index is -3.70. The van der Waals surface area contributed by atoms with Crippen molar-refractivity contribution in [2.75, 3.05) is 35.1 Å². The third-order valence-corrected chi connectivity index (χ3v) is 7.27. The van der Waals surface area contributed by atoms with Crippen molar-refractivity contribution in [1.82, 2.24) is 0 Å². The summed E-state index contributed by atoms with van der Waals surface area (Å²) < 4.78 is 27.1.